The first kappa shape index (κ1) is 25.4. The minimum Gasteiger partial charge on any atom is -0.452 e. The molecule has 0 aliphatic rings. The van der Waals surface area contributed by atoms with Gasteiger partial charge in [-0.3, -0.25) is 19.6 Å². The highest BCUT2D eigenvalue weighted by molar-refractivity contribution is 7.92. The Kier molecular flexibility index (Phi) is 7.82. The first-order chi connectivity index (χ1) is 16.6. The van der Waals surface area contributed by atoms with Gasteiger partial charge in [0.2, 0.25) is 0 Å². The molecule has 0 saturated carbocycles. The van der Waals surface area contributed by atoms with Gasteiger partial charge in [-0.2, -0.15) is 0 Å². The lowest BCUT2D eigenvalue weighted by atomic mass is 10.1. The van der Waals surface area contributed by atoms with E-state index < -0.39 is 39.1 Å². The van der Waals surface area contributed by atoms with Crippen molar-refractivity contribution < 1.29 is 27.7 Å². The number of sulfonamides is 1. The number of non-ortho nitro benzene ring substituents is 1. The maximum absolute atomic E-state index is 12.8. The predicted octanol–water partition coefficient (Wildman–Crippen LogP) is 3.52. The smallest absolute Gasteiger partial charge is 0.340 e. The molecule has 0 saturated heterocycles. The van der Waals surface area contributed by atoms with E-state index in [-0.39, 0.29) is 16.1 Å². The summed E-state index contributed by atoms with van der Waals surface area (Å²) in [7, 11) is -2.66. The van der Waals surface area contributed by atoms with Crippen molar-refractivity contribution in [2.75, 3.05) is 18.4 Å². The van der Waals surface area contributed by atoms with Gasteiger partial charge in [0.1, 0.15) is 0 Å². The highest BCUT2D eigenvalue weighted by atomic mass is 32.2. The number of aryl methyl sites for hydroxylation is 1. The van der Waals surface area contributed by atoms with Gasteiger partial charge in [0.25, 0.3) is 21.6 Å². The van der Waals surface area contributed by atoms with Crippen LogP contribution in [-0.2, 0) is 26.1 Å². The first-order valence-electron chi connectivity index (χ1n) is 10.4. The van der Waals surface area contributed by atoms with Crippen LogP contribution < -0.4 is 4.72 Å². The SMILES string of the molecule is Cc1ccccc1CN(C)C(=O)COC(=O)c1ccccc1NS(=O)(=O)c1cccc([N+](=O)[O-])c1. The van der Waals surface area contributed by atoms with Crippen molar-refractivity contribution in [2.24, 2.45) is 0 Å². The van der Waals surface area contributed by atoms with Gasteiger partial charge in [-0.05, 0) is 36.2 Å². The molecule has 0 aliphatic heterocycles. The van der Waals surface area contributed by atoms with Crippen molar-refractivity contribution >= 4 is 33.3 Å². The fourth-order valence-corrected chi connectivity index (χ4v) is 4.28. The van der Waals surface area contributed by atoms with Crippen molar-refractivity contribution in [1.82, 2.24) is 4.90 Å². The van der Waals surface area contributed by atoms with E-state index in [1.54, 1.807) is 7.05 Å². The van der Waals surface area contributed by atoms with Crippen molar-refractivity contribution in [3.05, 3.63) is 99.6 Å². The molecule has 3 aromatic rings. The molecule has 0 aliphatic carbocycles. The number of nitrogens with one attached hydrogen (secondary N) is 1. The third kappa shape index (κ3) is 6.42. The molecule has 1 N–H and O–H groups in total. The molecule has 0 unspecified atom stereocenters. The molecule has 0 aromatic heterocycles. The molecule has 3 rings (SSSR count). The number of nitro groups is 1. The standard InChI is InChI=1S/C24H23N3O7S/c1-17-8-3-4-9-18(17)15-26(2)23(28)16-34-24(29)21-12-5-6-13-22(21)25-35(32,33)20-11-7-10-19(14-20)27(30)31/h3-14,25H,15-16H2,1-2H3. The Morgan fingerprint density at radius 1 is 1.03 bits per heavy atom. The van der Waals surface area contributed by atoms with E-state index in [0.717, 1.165) is 23.3 Å². The molecule has 35 heavy (non-hydrogen) atoms. The maximum Gasteiger partial charge on any atom is 0.340 e. The Hall–Kier alpha value is -4.25. The summed E-state index contributed by atoms with van der Waals surface area (Å²) in [5.41, 5.74) is 1.37. The van der Waals surface area contributed by atoms with E-state index in [1.165, 1.54) is 41.3 Å². The molecular formula is C24H23N3O7S. The number of anilines is 1. The van der Waals surface area contributed by atoms with E-state index in [4.69, 9.17) is 4.74 Å². The van der Waals surface area contributed by atoms with Crippen LogP contribution >= 0.6 is 0 Å². The van der Waals surface area contributed by atoms with E-state index >= 15 is 0 Å². The number of ether oxygens (including phenoxy) is 1. The van der Waals surface area contributed by atoms with Gasteiger partial charge in [0.05, 0.1) is 21.1 Å². The van der Waals surface area contributed by atoms with Crippen LogP contribution in [0.5, 0.6) is 0 Å². The minimum atomic E-state index is -4.25. The summed E-state index contributed by atoms with van der Waals surface area (Å²) in [6.45, 7) is 1.73. The number of nitrogens with zero attached hydrogens (tertiary/aromatic N) is 2. The topological polar surface area (TPSA) is 136 Å². The van der Waals surface area contributed by atoms with Crippen LogP contribution in [0.1, 0.15) is 21.5 Å². The van der Waals surface area contributed by atoms with Gasteiger partial charge in [0.15, 0.2) is 6.61 Å². The number of esters is 1. The summed E-state index contributed by atoms with van der Waals surface area (Å²) >= 11 is 0. The van der Waals surface area contributed by atoms with Crippen LogP contribution in [0.4, 0.5) is 11.4 Å². The molecule has 10 nitrogen and oxygen atoms in total. The Bertz CT molecular complexity index is 1370. The van der Waals surface area contributed by atoms with Crippen LogP contribution in [0.25, 0.3) is 0 Å². The molecule has 1 amide bonds. The minimum absolute atomic E-state index is 0.0929. The first-order valence-corrected chi connectivity index (χ1v) is 11.9. The second-order valence-electron chi connectivity index (χ2n) is 7.66. The number of amides is 1. The second-order valence-corrected chi connectivity index (χ2v) is 9.34. The second kappa shape index (κ2) is 10.8. The normalized spacial score (nSPS) is 10.9. The van der Waals surface area contributed by atoms with Gasteiger partial charge in [-0.15, -0.1) is 0 Å². The number of hydrogen-bond acceptors (Lipinski definition) is 7. The fourth-order valence-electron chi connectivity index (χ4n) is 3.16. The zero-order chi connectivity index (χ0) is 25.6. The number of likely N-dealkylation sites (N-methyl/N-ethyl adjacent to an activating group) is 1. The van der Waals surface area contributed by atoms with Gasteiger partial charge in [0, 0.05) is 25.7 Å². The van der Waals surface area contributed by atoms with Crippen LogP contribution in [0.15, 0.2) is 77.7 Å². The number of hydrogen-bond donors (Lipinski definition) is 1. The lowest BCUT2D eigenvalue weighted by molar-refractivity contribution is -0.385. The Morgan fingerprint density at radius 2 is 1.71 bits per heavy atom. The molecule has 0 fully saturated rings. The number of para-hydroxylation sites is 1. The third-order valence-corrected chi connectivity index (χ3v) is 6.51. The Labute approximate surface area is 202 Å². The molecule has 0 atom stereocenters. The summed E-state index contributed by atoms with van der Waals surface area (Å²) in [5, 5.41) is 11.0. The summed E-state index contributed by atoms with van der Waals surface area (Å²) < 4.78 is 32.9. The average molecular weight is 498 g/mol. The lowest BCUT2D eigenvalue weighted by Gasteiger charge is -2.18. The van der Waals surface area contributed by atoms with Gasteiger partial charge in [-0.25, -0.2) is 13.2 Å². The fraction of sp³-hybridized carbons (Fsp3) is 0.167. The summed E-state index contributed by atoms with van der Waals surface area (Å²) in [5.74, 6) is -1.34. The molecule has 182 valence electrons. The highest BCUT2D eigenvalue weighted by Crippen LogP contribution is 2.23. The lowest BCUT2D eigenvalue weighted by Crippen LogP contribution is -2.31. The molecule has 0 bridgehead atoms. The zero-order valence-electron chi connectivity index (χ0n) is 19.0. The van der Waals surface area contributed by atoms with E-state index in [9.17, 15) is 28.1 Å². The van der Waals surface area contributed by atoms with E-state index in [0.29, 0.717) is 6.54 Å². The highest BCUT2D eigenvalue weighted by Gasteiger charge is 2.22. The van der Waals surface area contributed by atoms with Gasteiger partial charge < -0.3 is 9.64 Å². The summed E-state index contributed by atoms with van der Waals surface area (Å²) in [6.07, 6.45) is 0. The van der Waals surface area contributed by atoms with Crippen LogP contribution in [0, 0.1) is 17.0 Å². The number of nitro benzene ring substituents is 1. The van der Waals surface area contributed by atoms with Crippen molar-refractivity contribution in [3.63, 3.8) is 0 Å². The Balaban J connectivity index is 1.70. The van der Waals surface area contributed by atoms with Crippen molar-refractivity contribution in [2.45, 2.75) is 18.4 Å². The van der Waals surface area contributed by atoms with Crippen molar-refractivity contribution in [1.29, 1.82) is 0 Å². The summed E-state index contributed by atoms with van der Waals surface area (Å²) in [6, 6.07) is 17.8. The van der Waals surface area contributed by atoms with E-state index in [2.05, 4.69) is 4.72 Å². The molecule has 0 spiro atoms. The molecule has 0 radical (unpaired) electrons. The zero-order valence-corrected chi connectivity index (χ0v) is 19.8. The molecular weight excluding hydrogens is 474 g/mol. The average Bonchev–Trinajstić information content (AvgIpc) is 2.83. The summed E-state index contributed by atoms with van der Waals surface area (Å²) in [4.78, 5) is 36.5. The van der Waals surface area contributed by atoms with Crippen molar-refractivity contribution in [3.8, 4) is 0 Å². The van der Waals surface area contributed by atoms with Gasteiger partial charge >= 0.3 is 5.97 Å². The third-order valence-electron chi connectivity index (χ3n) is 5.15. The largest absolute Gasteiger partial charge is 0.452 e. The number of rotatable bonds is 9. The van der Waals surface area contributed by atoms with E-state index in [1.807, 2.05) is 31.2 Å². The predicted molar refractivity (Wildman–Crippen MR) is 128 cm³/mol. The number of carbonyl (C=O) groups excluding carboxylic acids is 2. The van der Waals surface area contributed by atoms with Crippen LogP contribution in [0.3, 0.4) is 0 Å². The number of benzene rings is 3. The molecule has 3 aromatic carbocycles. The van der Waals surface area contributed by atoms with Crippen LogP contribution in [0.2, 0.25) is 0 Å². The quantitative estimate of drug-likeness (QED) is 0.271. The molecule has 11 heteroatoms. The Morgan fingerprint density at radius 3 is 2.43 bits per heavy atom. The van der Waals surface area contributed by atoms with Gasteiger partial charge in [-0.1, -0.05) is 42.5 Å². The number of carbonyl (C=O) groups is 2. The monoisotopic (exact) mass is 497 g/mol. The molecule has 0 heterocycles. The van der Waals surface area contributed by atoms with Crippen LogP contribution in [-0.4, -0.2) is 43.8 Å². The maximum atomic E-state index is 12.8.